The molecule has 0 saturated heterocycles. The first-order valence-electron chi connectivity index (χ1n) is 7.18. The van der Waals surface area contributed by atoms with E-state index < -0.39 is 0 Å². The van der Waals surface area contributed by atoms with Crippen LogP contribution in [0.1, 0.15) is 41.0 Å². The van der Waals surface area contributed by atoms with Crippen molar-refractivity contribution in [2.24, 2.45) is 0 Å². The zero-order valence-electron chi connectivity index (χ0n) is 12.1. The van der Waals surface area contributed by atoms with Crippen molar-refractivity contribution in [2.45, 2.75) is 38.0 Å². The fraction of sp³-hybridized carbons (Fsp3) is 0.316. The third-order valence-corrected chi connectivity index (χ3v) is 4.45. The van der Waals surface area contributed by atoms with Crippen molar-refractivity contribution < 1.29 is 0 Å². The minimum Gasteiger partial charge on any atom is -0.197 e. The molecule has 0 radical (unpaired) electrons. The highest BCUT2D eigenvalue weighted by Crippen LogP contribution is 2.52. The summed E-state index contributed by atoms with van der Waals surface area (Å²) in [6, 6.07) is 19.7. The molecular weight excluding hydrogens is 242 g/mol. The molecule has 0 unspecified atom stereocenters. The monoisotopic (exact) mass is 261 g/mol. The summed E-state index contributed by atoms with van der Waals surface area (Å²) in [5, 5.41) is 9.69. The standard InChI is InChI=1S/C19H19N/c1-14-8-15(2)10-18(9-14)19(13-20)11-17(12-19)16-6-4-3-5-7-16/h3-10,17H,11-12H2,1-2H3. The Morgan fingerprint density at radius 3 is 2.15 bits per heavy atom. The molecule has 2 aromatic carbocycles. The van der Waals surface area contributed by atoms with E-state index in [1.54, 1.807) is 0 Å². The van der Waals surface area contributed by atoms with E-state index in [0.29, 0.717) is 5.92 Å². The summed E-state index contributed by atoms with van der Waals surface area (Å²) in [7, 11) is 0. The minimum absolute atomic E-state index is 0.280. The SMILES string of the molecule is Cc1cc(C)cc(C2(C#N)CC(c3ccccc3)C2)c1. The predicted molar refractivity (Wildman–Crippen MR) is 81.6 cm³/mol. The molecule has 0 spiro atoms. The summed E-state index contributed by atoms with van der Waals surface area (Å²) in [6.07, 6.45) is 1.88. The van der Waals surface area contributed by atoms with Crippen molar-refractivity contribution in [1.82, 2.24) is 0 Å². The first-order valence-corrected chi connectivity index (χ1v) is 7.18. The van der Waals surface area contributed by atoms with Gasteiger partial charge in [-0.1, -0.05) is 59.7 Å². The molecule has 1 nitrogen and oxygen atoms in total. The first-order chi connectivity index (χ1) is 9.63. The Balaban J connectivity index is 1.88. The van der Waals surface area contributed by atoms with Crippen molar-refractivity contribution >= 4 is 0 Å². The van der Waals surface area contributed by atoms with Crippen LogP contribution in [-0.2, 0) is 5.41 Å². The summed E-state index contributed by atoms with van der Waals surface area (Å²) < 4.78 is 0. The lowest BCUT2D eigenvalue weighted by Crippen LogP contribution is -2.38. The third kappa shape index (κ3) is 2.12. The van der Waals surface area contributed by atoms with Crippen LogP contribution in [0.15, 0.2) is 48.5 Å². The highest BCUT2D eigenvalue weighted by molar-refractivity contribution is 5.43. The normalized spacial score (nSPS) is 24.8. The highest BCUT2D eigenvalue weighted by atomic mass is 14.5. The van der Waals surface area contributed by atoms with Crippen molar-refractivity contribution in [1.29, 1.82) is 5.26 Å². The highest BCUT2D eigenvalue weighted by Gasteiger charge is 2.46. The number of benzene rings is 2. The van der Waals surface area contributed by atoms with Gasteiger partial charge >= 0.3 is 0 Å². The van der Waals surface area contributed by atoms with E-state index in [2.05, 4.69) is 62.4 Å². The lowest BCUT2D eigenvalue weighted by molar-refractivity contribution is 0.269. The Kier molecular flexibility index (Phi) is 3.10. The van der Waals surface area contributed by atoms with Gasteiger partial charge in [-0.25, -0.2) is 0 Å². The summed E-state index contributed by atoms with van der Waals surface area (Å²) in [6.45, 7) is 4.21. The molecule has 100 valence electrons. The van der Waals surface area contributed by atoms with Crippen molar-refractivity contribution in [3.8, 4) is 6.07 Å². The zero-order valence-corrected chi connectivity index (χ0v) is 12.1. The van der Waals surface area contributed by atoms with Crippen molar-refractivity contribution in [3.05, 3.63) is 70.8 Å². The maximum absolute atomic E-state index is 9.69. The van der Waals surface area contributed by atoms with Crippen LogP contribution >= 0.6 is 0 Å². The molecule has 0 N–H and O–H groups in total. The predicted octanol–water partition coefficient (Wildman–Crippen LogP) is 4.64. The van der Waals surface area contributed by atoms with Crippen LogP contribution in [0.5, 0.6) is 0 Å². The van der Waals surface area contributed by atoms with Crippen molar-refractivity contribution in [3.63, 3.8) is 0 Å². The molecule has 0 aromatic heterocycles. The number of hydrogen-bond acceptors (Lipinski definition) is 1. The molecule has 3 rings (SSSR count). The second kappa shape index (κ2) is 4.80. The topological polar surface area (TPSA) is 23.8 Å². The Bertz CT molecular complexity index is 638. The van der Waals surface area contributed by atoms with E-state index in [9.17, 15) is 5.26 Å². The molecule has 0 aliphatic heterocycles. The number of nitrogens with zero attached hydrogens (tertiary/aromatic N) is 1. The Morgan fingerprint density at radius 2 is 1.60 bits per heavy atom. The average molecular weight is 261 g/mol. The van der Waals surface area contributed by atoms with Gasteiger partial charge in [-0.15, -0.1) is 0 Å². The number of nitriles is 1. The molecule has 0 heterocycles. The third-order valence-electron chi connectivity index (χ3n) is 4.45. The number of hydrogen-bond donors (Lipinski definition) is 0. The van der Waals surface area contributed by atoms with Gasteiger partial charge in [-0.2, -0.15) is 5.26 Å². The van der Waals surface area contributed by atoms with Crippen LogP contribution in [0.3, 0.4) is 0 Å². The molecule has 1 heteroatoms. The van der Waals surface area contributed by atoms with Crippen LogP contribution in [0.25, 0.3) is 0 Å². The van der Waals surface area contributed by atoms with Crippen molar-refractivity contribution in [2.75, 3.05) is 0 Å². The summed E-state index contributed by atoms with van der Waals surface area (Å²) in [4.78, 5) is 0. The molecule has 1 saturated carbocycles. The van der Waals surface area contributed by atoms with Gasteiger partial charge in [-0.05, 0) is 43.7 Å². The van der Waals surface area contributed by atoms with Gasteiger partial charge in [0.15, 0.2) is 0 Å². The Hall–Kier alpha value is -2.07. The largest absolute Gasteiger partial charge is 0.197 e. The average Bonchev–Trinajstić information content (AvgIpc) is 2.38. The quantitative estimate of drug-likeness (QED) is 0.772. The smallest absolute Gasteiger partial charge is 0.0834 e. The maximum Gasteiger partial charge on any atom is 0.0834 e. The fourth-order valence-electron chi connectivity index (χ4n) is 3.38. The molecular formula is C19H19N. The maximum atomic E-state index is 9.69. The van der Waals surface area contributed by atoms with Gasteiger partial charge < -0.3 is 0 Å². The van der Waals surface area contributed by atoms with Crippen LogP contribution in [0, 0.1) is 25.2 Å². The Morgan fingerprint density at radius 1 is 1.00 bits per heavy atom. The number of aryl methyl sites for hydroxylation is 2. The van der Waals surface area contributed by atoms with Gasteiger partial charge in [-0.3, -0.25) is 0 Å². The van der Waals surface area contributed by atoms with E-state index in [-0.39, 0.29) is 5.41 Å². The second-order valence-corrected chi connectivity index (χ2v) is 6.09. The molecule has 0 amide bonds. The van der Waals surface area contributed by atoms with Crippen LogP contribution in [0.4, 0.5) is 0 Å². The molecule has 2 aromatic rings. The summed E-state index contributed by atoms with van der Waals surface area (Å²) in [5.41, 5.74) is 4.78. The number of rotatable bonds is 2. The molecule has 1 fully saturated rings. The zero-order chi connectivity index (χ0) is 14.2. The van der Waals surface area contributed by atoms with Gasteiger partial charge in [0.05, 0.1) is 11.5 Å². The lowest BCUT2D eigenvalue weighted by Gasteiger charge is -2.43. The fourth-order valence-corrected chi connectivity index (χ4v) is 3.38. The van der Waals surface area contributed by atoms with Crippen LogP contribution in [0.2, 0.25) is 0 Å². The van der Waals surface area contributed by atoms with Gasteiger partial charge in [0.1, 0.15) is 0 Å². The van der Waals surface area contributed by atoms with Gasteiger partial charge in [0.2, 0.25) is 0 Å². The van der Waals surface area contributed by atoms with E-state index >= 15 is 0 Å². The lowest BCUT2D eigenvalue weighted by atomic mass is 9.57. The molecule has 20 heavy (non-hydrogen) atoms. The molecule has 0 bridgehead atoms. The molecule has 1 aliphatic rings. The Labute approximate surface area is 120 Å². The van der Waals surface area contributed by atoms with Crippen LogP contribution in [-0.4, -0.2) is 0 Å². The van der Waals surface area contributed by atoms with Crippen LogP contribution < -0.4 is 0 Å². The molecule has 1 aliphatic carbocycles. The first kappa shape index (κ1) is 12.9. The van der Waals surface area contributed by atoms with E-state index in [0.717, 1.165) is 12.8 Å². The van der Waals surface area contributed by atoms with Gasteiger partial charge in [0, 0.05) is 0 Å². The molecule has 0 atom stereocenters. The van der Waals surface area contributed by atoms with E-state index in [4.69, 9.17) is 0 Å². The second-order valence-electron chi connectivity index (χ2n) is 6.09. The van der Waals surface area contributed by atoms with E-state index in [1.807, 2.05) is 6.07 Å². The minimum atomic E-state index is -0.280. The summed E-state index contributed by atoms with van der Waals surface area (Å²) >= 11 is 0. The summed E-state index contributed by atoms with van der Waals surface area (Å²) in [5.74, 6) is 0.525. The van der Waals surface area contributed by atoms with E-state index in [1.165, 1.54) is 22.3 Å². The van der Waals surface area contributed by atoms with Gasteiger partial charge in [0.25, 0.3) is 0 Å².